The Kier molecular flexibility index (Phi) is 4.85. The zero-order valence-corrected chi connectivity index (χ0v) is 15.5. The Morgan fingerprint density at radius 2 is 2.04 bits per heavy atom. The van der Waals surface area contributed by atoms with E-state index in [9.17, 15) is 9.59 Å². The molecule has 0 aliphatic carbocycles. The van der Waals surface area contributed by atoms with E-state index < -0.39 is 18.0 Å². The van der Waals surface area contributed by atoms with Gasteiger partial charge in [-0.15, -0.1) is 10.2 Å². The molecule has 0 bridgehead atoms. The minimum Gasteiger partial charge on any atom is -0.467 e. The van der Waals surface area contributed by atoms with Crippen LogP contribution in [-0.2, 0) is 9.53 Å². The van der Waals surface area contributed by atoms with Crippen molar-refractivity contribution >= 4 is 34.0 Å². The summed E-state index contributed by atoms with van der Waals surface area (Å²) in [6.07, 6.45) is 0. The maximum absolute atomic E-state index is 12.1. The van der Waals surface area contributed by atoms with Crippen LogP contribution in [0.3, 0.4) is 0 Å². The molecule has 0 fully saturated rings. The molecule has 2 heterocycles. The number of amides is 2. The van der Waals surface area contributed by atoms with Crippen LogP contribution in [0.15, 0.2) is 18.2 Å². The predicted octanol–water partition coefficient (Wildman–Crippen LogP) is 2.15. The third-order valence-corrected chi connectivity index (χ3v) is 4.73. The van der Waals surface area contributed by atoms with Gasteiger partial charge in [0.15, 0.2) is 5.82 Å². The van der Waals surface area contributed by atoms with Gasteiger partial charge in [0.25, 0.3) is 0 Å². The number of carbonyl (C=O) groups excluding carboxylic acids is 2. The van der Waals surface area contributed by atoms with Gasteiger partial charge in [-0.3, -0.25) is 0 Å². The first kappa shape index (κ1) is 17.8. The topological polar surface area (TPSA) is 111 Å². The van der Waals surface area contributed by atoms with E-state index >= 15 is 0 Å². The number of methoxy groups -OCH3 is 1. The van der Waals surface area contributed by atoms with Crippen LogP contribution in [0.4, 0.5) is 10.5 Å². The van der Waals surface area contributed by atoms with Crippen LogP contribution >= 0.6 is 11.3 Å². The molecule has 0 aliphatic heterocycles. The second-order valence-corrected chi connectivity index (χ2v) is 6.68. The molecule has 0 aliphatic rings. The summed E-state index contributed by atoms with van der Waals surface area (Å²) in [5, 5.41) is 18.6. The zero-order valence-electron chi connectivity index (χ0n) is 14.7. The highest BCUT2D eigenvalue weighted by Crippen LogP contribution is 2.29. The molecular formula is C16H18N6O3S. The highest BCUT2D eigenvalue weighted by atomic mass is 32.1. The molecule has 0 saturated heterocycles. The number of urea groups is 1. The Balaban J connectivity index is 1.81. The number of anilines is 1. The smallest absolute Gasteiger partial charge is 0.328 e. The monoisotopic (exact) mass is 374 g/mol. The maximum Gasteiger partial charge on any atom is 0.328 e. The lowest BCUT2D eigenvalue weighted by atomic mass is 10.1. The molecule has 9 nitrogen and oxygen atoms in total. The van der Waals surface area contributed by atoms with Crippen molar-refractivity contribution < 1.29 is 14.3 Å². The van der Waals surface area contributed by atoms with Crippen LogP contribution in [0.5, 0.6) is 0 Å². The Morgan fingerprint density at radius 3 is 2.73 bits per heavy atom. The lowest BCUT2D eigenvalue weighted by molar-refractivity contribution is -0.142. The van der Waals surface area contributed by atoms with E-state index in [-0.39, 0.29) is 0 Å². The molecule has 0 spiro atoms. The summed E-state index contributed by atoms with van der Waals surface area (Å²) >= 11 is 1.41. The number of hydrogen-bond donors (Lipinski definition) is 2. The molecule has 0 saturated carbocycles. The van der Waals surface area contributed by atoms with E-state index in [4.69, 9.17) is 0 Å². The lowest BCUT2D eigenvalue weighted by Gasteiger charge is -2.14. The summed E-state index contributed by atoms with van der Waals surface area (Å²) in [6.45, 7) is 5.26. The SMILES string of the molecule is COC(=O)C(C)NC(=O)Nc1cc(-c2nn3c(C)nnc3s2)ccc1C. The average molecular weight is 374 g/mol. The van der Waals surface area contributed by atoms with Gasteiger partial charge in [-0.25, -0.2) is 9.59 Å². The third kappa shape index (κ3) is 3.49. The van der Waals surface area contributed by atoms with E-state index in [1.807, 2.05) is 32.0 Å². The Hall–Kier alpha value is -3.01. The average Bonchev–Trinajstić information content (AvgIpc) is 3.18. The number of nitrogens with zero attached hydrogens (tertiary/aromatic N) is 4. The first-order chi connectivity index (χ1) is 12.4. The molecule has 1 unspecified atom stereocenters. The largest absolute Gasteiger partial charge is 0.467 e. The van der Waals surface area contributed by atoms with Crippen molar-refractivity contribution in [3.05, 3.63) is 29.6 Å². The zero-order chi connectivity index (χ0) is 18.8. The fourth-order valence-electron chi connectivity index (χ4n) is 2.31. The number of nitrogens with one attached hydrogen (secondary N) is 2. The first-order valence-corrected chi connectivity index (χ1v) is 8.66. The normalized spacial score (nSPS) is 12.0. The number of ether oxygens (including phenoxy) is 1. The van der Waals surface area contributed by atoms with Crippen molar-refractivity contribution in [2.24, 2.45) is 0 Å². The number of benzene rings is 1. The van der Waals surface area contributed by atoms with Gasteiger partial charge in [0.1, 0.15) is 11.0 Å². The van der Waals surface area contributed by atoms with Gasteiger partial charge in [-0.2, -0.15) is 9.61 Å². The second kappa shape index (κ2) is 7.08. The Labute approximate surface area is 153 Å². The number of aromatic nitrogens is 4. The lowest BCUT2D eigenvalue weighted by Crippen LogP contribution is -2.41. The second-order valence-electron chi connectivity index (χ2n) is 5.72. The summed E-state index contributed by atoms with van der Waals surface area (Å²) in [4.78, 5) is 24.2. The molecule has 2 aromatic heterocycles. The minimum absolute atomic E-state index is 0.489. The quantitative estimate of drug-likeness (QED) is 0.677. The first-order valence-electron chi connectivity index (χ1n) is 7.84. The van der Waals surface area contributed by atoms with Gasteiger partial charge in [0.2, 0.25) is 4.96 Å². The van der Waals surface area contributed by atoms with Crippen LogP contribution in [0.2, 0.25) is 0 Å². The standard InChI is InChI=1S/C16H18N6O3S/c1-8-5-6-11(13-21-22-10(3)19-20-16(22)26-13)7-12(8)18-15(24)17-9(2)14(23)25-4/h5-7,9H,1-4H3,(H2,17,18,24). The van der Waals surface area contributed by atoms with Gasteiger partial charge >= 0.3 is 12.0 Å². The molecule has 10 heteroatoms. The van der Waals surface area contributed by atoms with Crippen molar-refractivity contribution in [3.8, 4) is 10.6 Å². The maximum atomic E-state index is 12.1. The predicted molar refractivity (Wildman–Crippen MR) is 97.2 cm³/mol. The molecule has 2 amide bonds. The van der Waals surface area contributed by atoms with Crippen molar-refractivity contribution in [2.75, 3.05) is 12.4 Å². The summed E-state index contributed by atoms with van der Waals surface area (Å²) in [5.41, 5.74) is 2.36. The third-order valence-electron chi connectivity index (χ3n) is 3.78. The van der Waals surface area contributed by atoms with E-state index in [2.05, 4.69) is 30.7 Å². The van der Waals surface area contributed by atoms with Gasteiger partial charge in [-0.05, 0) is 32.4 Å². The van der Waals surface area contributed by atoms with Crippen molar-refractivity contribution in [1.82, 2.24) is 25.1 Å². The summed E-state index contributed by atoms with van der Waals surface area (Å²) < 4.78 is 6.27. The van der Waals surface area contributed by atoms with Gasteiger partial charge in [0, 0.05) is 11.3 Å². The molecule has 136 valence electrons. The van der Waals surface area contributed by atoms with E-state index in [0.717, 1.165) is 16.1 Å². The van der Waals surface area contributed by atoms with Crippen LogP contribution in [-0.4, -0.2) is 45.0 Å². The Bertz CT molecular complexity index is 980. The number of hydrogen-bond acceptors (Lipinski definition) is 7. The minimum atomic E-state index is -0.745. The van der Waals surface area contributed by atoms with Gasteiger partial charge in [-0.1, -0.05) is 23.5 Å². The fourth-order valence-corrected chi connectivity index (χ4v) is 3.19. The van der Waals surface area contributed by atoms with Gasteiger partial charge < -0.3 is 15.4 Å². The highest BCUT2D eigenvalue weighted by Gasteiger charge is 2.17. The van der Waals surface area contributed by atoms with Crippen LogP contribution in [0.1, 0.15) is 18.3 Å². The summed E-state index contributed by atoms with van der Waals surface area (Å²) in [6, 6.07) is 4.42. The molecular weight excluding hydrogens is 356 g/mol. The van der Waals surface area contributed by atoms with E-state index in [1.54, 1.807) is 11.4 Å². The number of fused-ring (bicyclic) bond motifs is 1. The van der Waals surface area contributed by atoms with Crippen LogP contribution in [0.25, 0.3) is 15.5 Å². The van der Waals surface area contributed by atoms with E-state index in [0.29, 0.717) is 16.5 Å². The van der Waals surface area contributed by atoms with Crippen molar-refractivity contribution in [3.63, 3.8) is 0 Å². The molecule has 2 N–H and O–H groups in total. The van der Waals surface area contributed by atoms with Crippen LogP contribution < -0.4 is 10.6 Å². The number of aryl methyl sites for hydroxylation is 2. The van der Waals surface area contributed by atoms with Crippen molar-refractivity contribution in [1.29, 1.82) is 0 Å². The van der Waals surface area contributed by atoms with Gasteiger partial charge in [0.05, 0.1) is 7.11 Å². The molecule has 0 radical (unpaired) electrons. The summed E-state index contributed by atoms with van der Waals surface area (Å²) in [7, 11) is 1.27. The highest BCUT2D eigenvalue weighted by molar-refractivity contribution is 7.19. The van der Waals surface area contributed by atoms with E-state index in [1.165, 1.54) is 18.4 Å². The van der Waals surface area contributed by atoms with Crippen LogP contribution in [0, 0.1) is 13.8 Å². The molecule has 3 rings (SSSR count). The fraction of sp³-hybridized carbons (Fsp3) is 0.312. The molecule has 3 aromatic rings. The van der Waals surface area contributed by atoms with Crippen molar-refractivity contribution in [2.45, 2.75) is 26.8 Å². The number of esters is 1. The molecule has 26 heavy (non-hydrogen) atoms. The molecule has 1 aromatic carbocycles. The number of rotatable bonds is 4. The molecule has 1 atom stereocenters. The summed E-state index contributed by atoms with van der Waals surface area (Å²) in [5.74, 6) is 0.199. The Morgan fingerprint density at radius 1 is 1.27 bits per heavy atom. The number of carbonyl (C=O) groups is 2.